The average molecular weight is 400 g/mol. The summed E-state index contributed by atoms with van der Waals surface area (Å²) in [6.45, 7) is 3.98. The van der Waals surface area contributed by atoms with Gasteiger partial charge in [0.05, 0.1) is 11.0 Å². The number of nitrogens with zero attached hydrogens (tertiary/aromatic N) is 4. The fourth-order valence-corrected chi connectivity index (χ4v) is 5.19. The molecule has 1 saturated heterocycles. The molecule has 2 aromatic rings. The van der Waals surface area contributed by atoms with Crippen molar-refractivity contribution in [3.8, 4) is 0 Å². The Morgan fingerprint density at radius 1 is 1.31 bits per heavy atom. The van der Waals surface area contributed by atoms with Crippen molar-refractivity contribution in [2.45, 2.75) is 31.4 Å². The Kier molecular flexibility index (Phi) is 5.39. The second kappa shape index (κ2) is 7.41. The van der Waals surface area contributed by atoms with Crippen LogP contribution in [0.1, 0.15) is 13.8 Å². The molecule has 142 valence electrons. The van der Waals surface area contributed by atoms with Gasteiger partial charge in [-0.05, 0) is 26.0 Å². The van der Waals surface area contributed by atoms with Crippen LogP contribution in [0.2, 0.25) is 0 Å². The highest BCUT2D eigenvalue weighted by Crippen LogP contribution is 2.20. The van der Waals surface area contributed by atoms with Crippen LogP contribution in [-0.2, 0) is 26.1 Å². The van der Waals surface area contributed by atoms with Crippen molar-refractivity contribution in [2.24, 2.45) is 0 Å². The minimum absolute atomic E-state index is 0.0308. The maximum atomic E-state index is 12.7. The van der Waals surface area contributed by atoms with Crippen molar-refractivity contribution >= 4 is 33.4 Å². The molecule has 3 heterocycles. The molecular formula is C15H20N4O5S2. The highest BCUT2D eigenvalue weighted by atomic mass is 32.2. The number of carbonyl (C=O) groups is 1. The predicted octanol–water partition coefficient (Wildman–Crippen LogP) is 0.185. The van der Waals surface area contributed by atoms with Crippen molar-refractivity contribution < 1.29 is 17.9 Å². The first-order chi connectivity index (χ1) is 12.3. The number of carbonyl (C=O) groups excluding carboxylic acids is 1. The molecule has 9 nitrogen and oxygen atoms in total. The summed E-state index contributed by atoms with van der Waals surface area (Å²) in [6.07, 6.45) is 0.959. The predicted molar refractivity (Wildman–Crippen MR) is 96.8 cm³/mol. The topological polar surface area (TPSA) is 103 Å². The molecule has 1 aliphatic heterocycles. The first-order valence-corrected chi connectivity index (χ1v) is 10.7. The van der Waals surface area contributed by atoms with Gasteiger partial charge in [-0.15, -0.1) is 5.10 Å². The molecule has 0 unspecified atom stereocenters. The molecular weight excluding hydrogens is 380 g/mol. The molecule has 0 amide bonds. The molecule has 0 aromatic carbocycles. The van der Waals surface area contributed by atoms with Gasteiger partial charge in [0, 0.05) is 30.8 Å². The maximum absolute atomic E-state index is 12.7. The number of hydrogen-bond donors (Lipinski definition) is 0. The molecule has 0 aliphatic carbocycles. The van der Waals surface area contributed by atoms with E-state index in [1.165, 1.54) is 22.6 Å². The third-order valence-electron chi connectivity index (χ3n) is 3.80. The van der Waals surface area contributed by atoms with Crippen LogP contribution >= 0.6 is 11.8 Å². The molecule has 0 bridgehead atoms. The first-order valence-electron chi connectivity index (χ1n) is 8.15. The van der Waals surface area contributed by atoms with E-state index in [1.807, 2.05) is 0 Å². The third kappa shape index (κ3) is 3.79. The lowest BCUT2D eigenvalue weighted by Crippen LogP contribution is -2.38. The van der Waals surface area contributed by atoms with E-state index in [0.29, 0.717) is 13.1 Å². The molecule has 2 aromatic heterocycles. The summed E-state index contributed by atoms with van der Waals surface area (Å²) in [5.41, 5.74) is -0.326. The van der Waals surface area contributed by atoms with Crippen LogP contribution in [0.25, 0.3) is 5.65 Å². The summed E-state index contributed by atoms with van der Waals surface area (Å²) in [6, 6.07) is 2.88. The number of rotatable bonds is 5. The van der Waals surface area contributed by atoms with Gasteiger partial charge in [0.15, 0.2) is 5.65 Å². The number of hydrogen-bond acceptors (Lipinski definition) is 7. The lowest BCUT2D eigenvalue weighted by Gasteiger charge is -2.25. The number of sulfonamides is 1. The van der Waals surface area contributed by atoms with Gasteiger partial charge in [-0.2, -0.15) is 16.1 Å². The highest BCUT2D eigenvalue weighted by molar-refractivity contribution is 7.99. The number of thioether (sulfide) groups is 1. The molecule has 0 radical (unpaired) electrons. The number of ether oxygens (including phenoxy) is 1. The standard InChI is InChI=1S/C15H20N4O5S2/c1-11(2)24-14(20)10-19-15(21)18-9-12(3-4-13(18)16-19)26(22,23)17-5-7-25-8-6-17/h3-4,9,11H,5-8,10H2,1-2H3. The van der Waals surface area contributed by atoms with E-state index in [1.54, 1.807) is 25.6 Å². The van der Waals surface area contributed by atoms with E-state index < -0.39 is 21.7 Å². The van der Waals surface area contributed by atoms with Gasteiger partial charge in [0.1, 0.15) is 6.54 Å². The molecule has 1 fully saturated rings. The Bertz CT molecular complexity index is 974. The van der Waals surface area contributed by atoms with Crippen molar-refractivity contribution in [3.63, 3.8) is 0 Å². The smallest absolute Gasteiger partial charge is 0.350 e. The van der Waals surface area contributed by atoms with Crippen LogP contribution in [-0.4, -0.2) is 63.6 Å². The van der Waals surface area contributed by atoms with Crippen LogP contribution in [0.3, 0.4) is 0 Å². The number of aromatic nitrogens is 3. The van der Waals surface area contributed by atoms with Crippen LogP contribution in [0.5, 0.6) is 0 Å². The first kappa shape index (κ1) is 18.9. The summed E-state index contributed by atoms with van der Waals surface area (Å²) in [7, 11) is -3.67. The molecule has 0 N–H and O–H groups in total. The van der Waals surface area contributed by atoms with Gasteiger partial charge >= 0.3 is 11.7 Å². The van der Waals surface area contributed by atoms with Crippen molar-refractivity contribution in [2.75, 3.05) is 24.6 Å². The summed E-state index contributed by atoms with van der Waals surface area (Å²) >= 11 is 1.71. The zero-order valence-corrected chi connectivity index (χ0v) is 16.1. The van der Waals surface area contributed by atoms with Crippen LogP contribution in [0.15, 0.2) is 28.0 Å². The van der Waals surface area contributed by atoms with Crippen LogP contribution in [0, 0.1) is 0 Å². The van der Waals surface area contributed by atoms with E-state index in [-0.39, 0.29) is 23.2 Å². The molecule has 3 rings (SSSR count). The van der Waals surface area contributed by atoms with Gasteiger partial charge in [0.25, 0.3) is 0 Å². The van der Waals surface area contributed by atoms with Crippen molar-refractivity contribution in [1.29, 1.82) is 0 Å². The van der Waals surface area contributed by atoms with E-state index in [9.17, 15) is 18.0 Å². The van der Waals surface area contributed by atoms with Gasteiger partial charge in [-0.1, -0.05) is 0 Å². The normalized spacial score (nSPS) is 16.3. The zero-order chi connectivity index (χ0) is 18.9. The number of fused-ring (bicyclic) bond motifs is 1. The molecule has 0 atom stereocenters. The largest absolute Gasteiger partial charge is 0.462 e. The highest BCUT2D eigenvalue weighted by Gasteiger charge is 2.27. The second-order valence-corrected chi connectivity index (χ2v) is 9.25. The summed E-state index contributed by atoms with van der Waals surface area (Å²) < 4.78 is 34.0. The number of esters is 1. The van der Waals surface area contributed by atoms with E-state index >= 15 is 0 Å². The van der Waals surface area contributed by atoms with E-state index in [2.05, 4.69) is 5.10 Å². The zero-order valence-electron chi connectivity index (χ0n) is 14.5. The SMILES string of the molecule is CC(C)OC(=O)Cn1nc2ccc(S(=O)(=O)N3CCSCC3)cn2c1=O. The molecule has 11 heteroatoms. The molecule has 0 spiro atoms. The van der Waals surface area contributed by atoms with Gasteiger partial charge in [-0.25, -0.2) is 22.3 Å². The van der Waals surface area contributed by atoms with E-state index in [4.69, 9.17) is 4.74 Å². The Hall–Kier alpha value is -1.85. The lowest BCUT2D eigenvalue weighted by molar-refractivity contribution is -0.148. The average Bonchev–Trinajstić information content (AvgIpc) is 2.90. The Labute approximate surface area is 155 Å². The van der Waals surface area contributed by atoms with Gasteiger partial charge in [0.2, 0.25) is 10.0 Å². The Morgan fingerprint density at radius 2 is 2.00 bits per heavy atom. The fourth-order valence-electron chi connectivity index (χ4n) is 2.61. The van der Waals surface area contributed by atoms with Crippen LogP contribution < -0.4 is 5.69 Å². The summed E-state index contributed by atoms with van der Waals surface area (Å²) in [4.78, 5) is 24.2. The second-order valence-electron chi connectivity index (χ2n) is 6.09. The van der Waals surface area contributed by atoms with Crippen LogP contribution in [0.4, 0.5) is 0 Å². The monoisotopic (exact) mass is 400 g/mol. The number of pyridine rings is 1. The summed E-state index contributed by atoms with van der Waals surface area (Å²) in [5, 5.41) is 4.05. The molecule has 0 saturated carbocycles. The lowest BCUT2D eigenvalue weighted by atomic mass is 10.5. The maximum Gasteiger partial charge on any atom is 0.350 e. The Morgan fingerprint density at radius 3 is 2.65 bits per heavy atom. The minimum Gasteiger partial charge on any atom is -0.462 e. The van der Waals surface area contributed by atoms with Gasteiger partial charge < -0.3 is 4.74 Å². The summed E-state index contributed by atoms with van der Waals surface area (Å²) in [5.74, 6) is 0.915. The quantitative estimate of drug-likeness (QED) is 0.660. The third-order valence-corrected chi connectivity index (χ3v) is 6.63. The molecule has 1 aliphatic rings. The van der Waals surface area contributed by atoms with Gasteiger partial charge in [-0.3, -0.25) is 4.79 Å². The Balaban J connectivity index is 1.92. The molecule has 26 heavy (non-hydrogen) atoms. The fraction of sp³-hybridized carbons (Fsp3) is 0.533. The van der Waals surface area contributed by atoms with E-state index in [0.717, 1.165) is 20.6 Å². The minimum atomic E-state index is -3.67. The van der Waals surface area contributed by atoms with Crippen molar-refractivity contribution in [3.05, 3.63) is 28.8 Å². The van der Waals surface area contributed by atoms with Crippen molar-refractivity contribution in [1.82, 2.24) is 18.5 Å².